The summed E-state index contributed by atoms with van der Waals surface area (Å²) in [7, 11) is 0. The number of rotatable bonds is 4. The predicted molar refractivity (Wildman–Crippen MR) is 110 cm³/mol. The van der Waals surface area contributed by atoms with Crippen LogP contribution in [0.25, 0.3) is 0 Å². The van der Waals surface area contributed by atoms with E-state index >= 15 is 0 Å². The highest BCUT2D eigenvalue weighted by Crippen LogP contribution is 2.70. The molecule has 4 unspecified atom stereocenters. The van der Waals surface area contributed by atoms with Crippen molar-refractivity contribution in [3.05, 3.63) is 46.3 Å². The molecular weight excluding hydrogens is 364 g/mol. The van der Waals surface area contributed by atoms with Gasteiger partial charge in [-0.3, -0.25) is 0 Å². The van der Waals surface area contributed by atoms with E-state index in [-0.39, 0.29) is 23.3 Å². The Bertz CT molecular complexity index is 886. The minimum Gasteiger partial charge on any atom is -0.461 e. The number of carbonyl (C=O) groups excluding carboxylic acids is 2. The smallest absolute Gasteiger partial charge is 0.340 e. The van der Waals surface area contributed by atoms with Crippen LogP contribution in [-0.4, -0.2) is 18.5 Å². The Labute approximate surface area is 172 Å². The summed E-state index contributed by atoms with van der Waals surface area (Å²) in [5.74, 6) is 1.55. The van der Waals surface area contributed by atoms with Crippen molar-refractivity contribution < 1.29 is 19.1 Å². The molecule has 3 aliphatic carbocycles. The van der Waals surface area contributed by atoms with Gasteiger partial charge in [0.25, 0.3) is 0 Å². The second-order valence-electron chi connectivity index (χ2n) is 9.16. The Morgan fingerprint density at radius 2 is 2.03 bits per heavy atom. The summed E-state index contributed by atoms with van der Waals surface area (Å²) in [6, 6.07) is 0. The summed E-state index contributed by atoms with van der Waals surface area (Å²) in [5, 5.41) is 0. The first kappa shape index (κ1) is 18.9. The number of hydrogen-bond donors (Lipinski definition) is 0. The lowest BCUT2D eigenvalue weighted by atomic mass is 9.38. The maximum absolute atomic E-state index is 13.0. The maximum atomic E-state index is 13.0. The third-order valence-corrected chi connectivity index (χ3v) is 7.86. The van der Waals surface area contributed by atoms with Crippen molar-refractivity contribution in [2.75, 3.05) is 6.61 Å². The van der Waals surface area contributed by atoms with E-state index < -0.39 is 0 Å². The quantitative estimate of drug-likeness (QED) is 0.617. The van der Waals surface area contributed by atoms with Crippen LogP contribution in [-0.2, 0) is 19.1 Å². The molecule has 0 saturated heterocycles. The van der Waals surface area contributed by atoms with Crippen LogP contribution in [0.5, 0.6) is 0 Å². The van der Waals surface area contributed by atoms with E-state index in [1.165, 1.54) is 5.57 Å². The van der Waals surface area contributed by atoms with Gasteiger partial charge in [0.05, 0.1) is 5.57 Å². The van der Waals surface area contributed by atoms with Crippen molar-refractivity contribution in [1.29, 1.82) is 0 Å². The van der Waals surface area contributed by atoms with Crippen LogP contribution in [0.4, 0.5) is 0 Å². The van der Waals surface area contributed by atoms with Crippen LogP contribution in [0.15, 0.2) is 46.3 Å². The van der Waals surface area contributed by atoms with Gasteiger partial charge in [-0.2, -0.15) is 0 Å². The van der Waals surface area contributed by atoms with Gasteiger partial charge < -0.3 is 9.47 Å². The standard InChI is InChI=1S/C25H30O4/c1-3-5-11-20-17-13-12-15-18(8-4-2)25(22(15)21(17)24(27)29-20)14-28-23(26)16-9-6-7-10-19(16)25/h6,9,11,15,18,22H,3-5,7-8,10,12-14H2,1-2H3/b20-11-. The molecule has 4 nitrogen and oxygen atoms in total. The molecule has 0 bridgehead atoms. The first-order valence-corrected chi connectivity index (χ1v) is 11.4. The number of hydrogen-bond acceptors (Lipinski definition) is 4. The number of carbonyl (C=O) groups is 2. The molecule has 0 radical (unpaired) electrons. The van der Waals surface area contributed by atoms with Crippen molar-refractivity contribution in [2.24, 2.45) is 23.2 Å². The highest BCUT2D eigenvalue weighted by atomic mass is 16.5. The minimum atomic E-state index is -0.213. The van der Waals surface area contributed by atoms with Gasteiger partial charge in [-0.1, -0.05) is 38.8 Å². The average Bonchev–Trinajstić information content (AvgIpc) is 3.05. The van der Waals surface area contributed by atoms with Crippen molar-refractivity contribution in [1.82, 2.24) is 0 Å². The molecule has 0 aromatic heterocycles. The first-order chi connectivity index (χ1) is 14.1. The molecule has 0 aromatic carbocycles. The Morgan fingerprint density at radius 3 is 2.83 bits per heavy atom. The number of fused-ring (bicyclic) bond motifs is 4. The van der Waals surface area contributed by atoms with Gasteiger partial charge in [-0.25, -0.2) is 9.59 Å². The number of cyclic esters (lactones) is 2. The third-order valence-electron chi connectivity index (χ3n) is 7.86. The summed E-state index contributed by atoms with van der Waals surface area (Å²) in [5.41, 5.74) is 3.82. The zero-order valence-corrected chi connectivity index (χ0v) is 17.5. The van der Waals surface area contributed by atoms with Gasteiger partial charge in [0.2, 0.25) is 0 Å². The highest BCUT2D eigenvalue weighted by Gasteiger charge is 2.68. The zero-order chi connectivity index (χ0) is 20.2. The molecule has 0 aromatic rings. The molecule has 1 saturated carbocycles. The van der Waals surface area contributed by atoms with Gasteiger partial charge in [0.1, 0.15) is 12.4 Å². The van der Waals surface area contributed by atoms with E-state index in [1.807, 2.05) is 6.08 Å². The van der Waals surface area contributed by atoms with E-state index in [4.69, 9.17) is 9.47 Å². The van der Waals surface area contributed by atoms with E-state index in [1.54, 1.807) is 0 Å². The highest BCUT2D eigenvalue weighted by molar-refractivity contribution is 5.97. The van der Waals surface area contributed by atoms with Gasteiger partial charge in [-0.05, 0) is 62.0 Å². The van der Waals surface area contributed by atoms with Crippen LogP contribution in [0.2, 0.25) is 0 Å². The average molecular weight is 395 g/mol. The van der Waals surface area contributed by atoms with E-state index in [2.05, 4.69) is 26.0 Å². The third kappa shape index (κ3) is 2.50. The Morgan fingerprint density at radius 1 is 1.17 bits per heavy atom. The number of esters is 2. The minimum absolute atomic E-state index is 0.132. The molecule has 4 heteroatoms. The Balaban J connectivity index is 1.65. The zero-order valence-electron chi connectivity index (χ0n) is 17.5. The molecular formula is C25H30O4. The van der Waals surface area contributed by atoms with E-state index in [0.717, 1.165) is 73.8 Å². The number of unbranched alkanes of at least 4 members (excludes halogenated alkanes) is 1. The molecule has 0 amide bonds. The molecule has 4 atom stereocenters. The van der Waals surface area contributed by atoms with Gasteiger partial charge in [-0.15, -0.1) is 0 Å². The van der Waals surface area contributed by atoms with E-state index in [0.29, 0.717) is 18.4 Å². The predicted octanol–water partition coefficient (Wildman–Crippen LogP) is 5.17. The van der Waals surface area contributed by atoms with Gasteiger partial charge in [0.15, 0.2) is 0 Å². The Hall–Kier alpha value is -2.10. The summed E-state index contributed by atoms with van der Waals surface area (Å²) in [6.45, 7) is 4.79. The monoisotopic (exact) mass is 394 g/mol. The van der Waals surface area contributed by atoms with Crippen LogP contribution < -0.4 is 0 Å². The number of ether oxygens (including phenoxy) is 2. The topological polar surface area (TPSA) is 52.6 Å². The SMILES string of the molecule is CCC/C=C1\OC(=O)C2=C1CCC1C(CCC)C3(COC(=O)C4=C3CCC=C4)C21. The van der Waals surface area contributed by atoms with Crippen LogP contribution in [0.3, 0.4) is 0 Å². The lowest BCUT2D eigenvalue weighted by Gasteiger charge is -2.65. The molecule has 1 spiro atoms. The lowest BCUT2D eigenvalue weighted by Crippen LogP contribution is -2.64. The molecule has 1 fully saturated rings. The van der Waals surface area contributed by atoms with Gasteiger partial charge in [0, 0.05) is 22.5 Å². The van der Waals surface area contributed by atoms with Crippen molar-refractivity contribution in [3.8, 4) is 0 Å². The first-order valence-electron chi connectivity index (χ1n) is 11.4. The molecule has 2 heterocycles. The van der Waals surface area contributed by atoms with E-state index in [9.17, 15) is 9.59 Å². The second kappa shape index (κ2) is 7.00. The van der Waals surface area contributed by atoms with Crippen LogP contribution in [0, 0.1) is 23.2 Å². The molecule has 154 valence electrons. The fraction of sp³-hybridized carbons (Fsp3) is 0.600. The molecule has 0 N–H and O–H groups in total. The Kier molecular flexibility index (Phi) is 4.56. The summed E-state index contributed by atoms with van der Waals surface area (Å²) >= 11 is 0. The normalized spacial score (nSPS) is 36.6. The lowest BCUT2D eigenvalue weighted by molar-refractivity contribution is -0.170. The van der Waals surface area contributed by atoms with Crippen molar-refractivity contribution >= 4 is 11.9 Å². The van der Waals surface area contributed by atoms with Crippen LogP contribution >= 0.6 is 0 Å². The largest absolute Gasteiger partial charge is 0.461 e. The molecule has 5 rings (SSSR count). The molecule has 29 heavy (non-hydrogen) atoms. The number of allylic oxidation sites excluding steroid dienone is 3. The van der Waals surface area contributed by atoms with Crippen molar-refractivity contribution in [3.63, 3.8) is 0 Å². The fourth-order valence-corrected chi connectivity index (χ4v) is 6.82. The molecule has 5 aliphatic rings. The summed E-state index contributed by atoms with van der Waals surface area (Å²) < 4.78 is 11.5. The van der Waals surface area contributed by atoms with Gasteiger partial charge >= 0.3 is 11.9 Å². The summed E-state index contributed by atoms with van der Waals surface area (Å²) in [4.78, 5) is 25.5. The molecule has 2 aliphatic heterocycles. The van der Waals surface area contributed by atoms with Crippen LogP contribution in [0.1, 0.15) is 65.2 Å². The summed E-state index contributed by atoms with van der Waals surface area (Å²) in [6.07, 6.45) is 14.2. The fourth-order valence-electron chi connectivity index (χ4n) is 6.82. The second-order valence-corrected chi connectivity index (χ2v) is 9.16. The maximum Gasteiger partial charge on any atom is 0.340 e. The van der Waals surface area contributed by atoms with Crippen molar-refractivity contribution in [2.45, 2.75) is 65.2 Å².